The van der Waals surface area contributed by atoms with Gasteiger partial charge in [-0.2, -0.15) is 4.31 Å². The minimum absolute atomic E-state index is 0.0483. The lowest BCUT2D eigenvalue weighted by Crippen LogP contribution is -2.33. The van der Waals surface area contributed by atoms with Crippen molar-refractivity contribution in [1.29, 1.82) is 0 Å². The van der Waals surface area contributed by atoms with Crippen LogP contribution < -0.4 is 4.74 Å². The summed E-state index contributed by atoms with van der Waals surface area (Å²) in [5.74, 6) is 0.0242. The number of carbonyl (C=O) groups is 1. The van der Waals surface area contributed by atoms with Gasteiger partial charge in [-0.1, -0.05) is 73.5 Å². The van der Waals surface area contributed by atoms with Crippen LogP contribution in [0.25, 0.3) is 0 Å². The summed E-state index contributed by atoms with van der Waals surface area (Å²) in [5, 5.41) is 0. The third-order valence-corrected chi connectivity index (χ3v) is 8.23. The maximum atomic E-state index is 13.7. The maximum Gasteiger partial charge on any atom is 0.254 e. The Balaban J connectivity index is 1.68. The van der Waals surface area contributed by atoms with Crippen LogP contribution in [0.1, 0.15) is 47.2 Å². The predicted octanol–water partition coefficient (Wildman–Crippen LogP) is 5.10. The second-order valence-corrected chi connectivity index (χ2v) is 10.7. The summed E-state index contributed by atoms with van der Waals surface area (Å²) in [6.45, 7) is 1.79. The number of hydrogen-bond donors (Lipinski definition) is 0. The van der Waals surface area contributed by atoms with Crippen molar-refractivity contribution in [2.75, 3.05) is 20.2 Å². The lowest BCUT2D eigenvalue weighted by Gasteiger charge is -2.25. The van der Waals surface area contributed by atoms with Crippen LogP contribution in [-0.2, 0) is 23.1 Å². The van der Waals surface area contributed by atoms with E-state index in [4.69, 9.17) is 4.74 Å². The van der Waals surface area contributed by atoms with Gasteiger partial charge in [-0.3, -0.25) is 4.79 Å². The summed E-state index contributed by atoms with van der Waals surface area (Å²) in [5.41, 5.74) is 2.33. The summed E-state index contributed by atoms with van der Waals surface area (Å²) in [7, 11) is -2.34. The molecule has 0 N–H and O–H groups in total. The Morgan fingerprint density at radius 1 is 0.829 bits per heavy atom. The zero-order valence-corrected chi connectivity index (χ0v) is 20.9. The van der Waals surface area contributed by atoms with Crippen molar-refractivity contribution in [3.8, 4) is 5.75 Å². The van der Waals surface area contributed by atoms with E-state index in [2.05, 4.69) is 0 Å². The lowest BCUT2D eigenvalue weighted by atomic mass is 10.1. The summed E-state index contributed by atoms with van der Waals surface area (Å²) in [6, 6.07) is 24.3. The number of methoxy groups -OCH3 is 1. The Bertz CT molecular complexity index is 1180. The minimum Gasteiger partial charge on any atom is -0.495 e. The van der Waals surface area contributed by atoms with Crippen LogP contribution in [0.5, 0.6) is 5.75 Å². The van der Waals surface area contributed by atoms with Gasteiger partial charge in [0.2, 0.25) is 10.0 Å². The first-order chi connectivity index (χ1) is 17.0. The minimum atomic E-state index is -3.79. The molecule has 4 rings (SSSR count). The topological polar surface area (TPSA) is 66.9 Å². The van der Waals surface area contributed by atoms with E-state index in [9.17, 15) is 13.2 Å². The molecule has 0 aliphatic carbocycles. The largest absolute Gasteiger partial charge is 0.495 e. The van der Waals surface area contributed by atoms with Gasteiger partial charge in [-0.15, -0.1) is 0 Å². The van der Waals surface area contributed by atoms with Crippen molar-refractivity contribution < 1.29 is 17.9 Å². The van der Waals surface area contributed by atoms with Gasteiger partial charge in [0.15, 0.2) is 0 Å². The molecule has 35 heavy (non-hydrogen) atoms. The molecule has 0 saturated carbocycles. The first-order valence-corrected chi connectivity index (χ1v) is 13.5. The van der Waals surface area contributed by atoms with Gasteiger partial charge in [0, 0.05) is 31.7 Å². The van der Waals surface area contributed by atoms with Crippen molar-refractivity contribution in [2.45, 2.75) is 43.7 Å². The average Bonchev–Trinajstić information content (AvgIpc) is 3.19. The van der Waals surface area contributed by atoms with E-state index >= 15 is 0 Å². The van der Waals surface area contributed by atoms with Crippen molar-refractivity contribution in [3.63, 3.8) is 0 Å². The molecule has 1 saturated heterocycles. The van der Waals surface area contributed by atoms with E-state index in [0.29, 0.717) is 31.7 Å². The second kappa shape index (κ2) is 11.5. The van der Waals surface area contributed by atoms with E-state index < -0.39 is 10.0 Å². The number of hydrogen-bond acceptors (Lipinski definition) is 4. The summed E-state index contributed by atoms with van der Waals surface area (Å²) < 4.78 is 34.1. The van der Waals surface area contributed by atoms with Gasteiger partial charge in [-0.25, -0.2) is 8.42 Å². The molecule has 0 spiro atoms. The number of sulfonamides is 1. The van der Waals surface area contributed by atoms with Crippen molar-refractivity contribution in [1.82, 2.24) is 9.21 Å². The number of rotatable bonds is 8. The van der Waals surface area contributed by atoms with Gasteiger partial charge in [0.25, 0.3) is 5.91 Å². The van der Waals surface area contributed by atoms with E-state index in [1.165, 1.54) is 17.5 Å². The number of amides is 1. The molecular weight excluding hydrogens is 460 g/mol. The average molecular weight is 493 g/mol. The molecule has 7 heteroatoms. The molecule has 1 amide bonds. The summed E-state index contributed by atoms with van der Waals surface area (Å²) in [6.07, 6.45) is 3.72. The van der Waals surface area contributed by atoms with E-state index in [0.717, 1.165) is 36.8 Å². The SMILES string of the molecule is COc1ccc(C(=O)N(Cc2ccccc2)Cc2ccccc2)cc1S(=O)(=O)N1CCCCCC1. The smallest absolute Gasteiger partial charge is 0.254 e. The highest BCUT2D eigenvalue weighted by molar-refractivity contribution is 7.89. The van der Waals surface area contributed by atoms with E-state index in [1.807, 2.05) is 60.7 Å². The maximum absolute atomic E-state index is 13.7. The highest BCUT2D eigenvalue weighted by Crippen LogP contribution is 2.30. The zero-order valence-electron chi connectivity index (χ0n) is 20.1. The van der Waals surface area contributed by atoms with Gasteiger partial charge in [0.1, 0.15) is 10.6 Å². The molecular formula is C28H32N2O4S. The molecule has 0 unspecified atom stereocenters. The van der Waals surface area contributed by atoms with E-state index in [1.54, 1.807) is 17.0 Å². The highest BCUT2D eigenvalue weighted by Gasteiger charge is 2.30. The molecule has 0 bridgehead atoms. The number of ether oxygens (including phenoxy) is 1. The quantitative estimate of drug-likeness (QED) is 0.439. The van der Waals surface area contributed by atoms with E-state index in [-0.39, 0.29) is 16.6 Å². The monoisotopic (exact) mass is 492 g/mol. The fourth-order valence-electron chi connectivity index (χ4n) is 4.42. The molecule has 3 aromatic rings. The number of nitrogens with zero attached hydrogens (tertiary/aromatic N) is 2. The third-order valence-electron chi connectivity index (χ3n) is 6.31. The Morgan fingerprint density at radius 2 is 1.37 bits per heavy atom. The van der Waals surface area contributed by atoms with Crippen LogP contribution in [0.3, 0.4) is 0 Å². The van der Waals surface area contributed by atoms with Crippen molar-refractivity contribution in [3.05, 3.63) is 95.6 Å². The second-order valence-electron chi connectivity index (χ2n) is 8.82. The number of benzene rings is 3. The van der Waals surface area contributed by atoms with Crippen LogP contribution in [0.15, 0.2) is 83.8 Å². The third kappa shape index (κ3) is 6.10. The normalized spacial score (nSPS) is 14.8. The fourth-order valence-corrected chi connectivity index (χ4v) is 6.12. The summed E-state index contributed by atoms with van der Waals surface area (Å²) in [4.78, 5) is 15.5. The van der Waals surface area contributed by atoms with Crippen LogP contribution in [0.4, 0.5) is 0 Å². The Hall–Kier alpha value is -3.16. The van der Waals surface area contributed by atoms with Gasteiger partial charge in [0.05, 0.1) is 7.11 Å². The summed E-state index contributed by atoms with van der Waals surface area (Å²) >= 11 is 0. The molecule has 1 aliphatic rings. The standard InChI is InChI=1S/C28H32N2O4S/c1-34-26-17-16-25(20-27(26)35(32,33)30-18-10-2-3-11-19-30)28(31)29(21-23-12-6-4-7-13-23)22-24-14-8-5-9-15-24/h4-9,12-17,20H,2-3,10-11,18-19,21-22H2,1H3. The first-order valence-electron chi connectivity index (χ1n) is 12.0. The number of carbonyl (C=O) groups excluding carboxylic acids is 1. The Labute approximate surface area is 208 Å². The molecule has 1 fully saturated rings. The molecule has 184 valence electrons. The molecule has 0 atom stereocenters. The Morgan fingerprint density at radius 3 is 1.89 bits per heavy atom. The molecule has 1 aliphatic heterocycles. The molecule has 1 heterocycles. The molecule has 0 aromatic heterocycles. The van der Waals surface area contributed by atoms with Gasteiger partial charge in [-0.05, 0) is 42.2 Å². The van der Waals surface area contributed by atoms with Gasteiger partial charge < -0.3 is 9.64 Å². The lowest BCUT2D eigenvalue weighted by molar-refractivity contribution is 0.0729. The van der Waals surface area contributed by atoms with Crippen molar-refractivity contribution >= 4 is 15.9 Å². The van der Waals surface area contributed by atoms with Crippen LogP contribution in [0, 0.1) is 0 Å². The molecule has 0 radical (unpaired) electrons. The fraction of sp³-hybridized carbons (Fsp3) is 0.321. The highest BCUT2D eigenvalue weighted by atomic mass is 32.2. The zero-order chi connectivity index (χ0) is 24.7. The Kier molecular flexibility index (Phi) is 8.21. The first kappa shape index (κ1) is 24.9. The van der Waals surface area contributed by atoms with Crippen molar-refractivity contribution in [2.24, 2.45) is 0 Å². The predicted molar refractivity (Wildman–Crippen MR) is 137 cm³/mol. The van der Waals surface area contributed by atoms with Crippen LogP contribution >= 0.6 is 0 Å². The molecule has 3 aromatic carbocycles. The van der Waals surface area contributed by atoms with Crippen LogP contribution in [0.2, 0.25) is 0 Å². The molecule has 6 nitrogen and oxygen atoms in total. The van der Waals surface area contributed by atoms with Crippen LogP contribution in [-0.4, -0.2) is 43.7 Å². The van der Waals surface area contributed by atoms with Gasteiger partial charge >= 0.3 is 0 Å².